The van der Waals surface area contributed by atoms with E-state index in [0.29, 0.717) is 6.04 Å². The molecule has 66 valence electrons. The lowest BCUT2D eigenvalue weighted by Gasteiger charge is -2.20. The minimum atomic E-state index is 0.665. The molecule has 2 heteroatoms. The molecule has 1 rings (SSSR count). The predicted molar refractivity (Wildman–Crippen MR) is 48.8 cm³/mol. The number of likely N-dealkylation sites (N-methyl/N-ethyl adjacent to an activating group) is 1. The average molecular weight is 156 g/mol. The van der Waals surface area contributed by atoms with Crippen LogP contribution >= 0.6 is 0 Å². The van der Waals surface area contributed by atoms with Crippen molar-refractivity contribution < 1.29 is 0 Å². The zero-order chi connectivity index (χ0) is 8.10. The third kappa shape index (κ3) is 3.21. The van der Waals surface area contributed by atoms with Crippen molar-refractivity contribution in [3.05, 3.63) is 0 Å². The fourth-order valence-corrected chi connectivity index (χ4v) is 1.77. The molecule has 1 N–H and O–H groups in total. The number of nitrogens with zero attached hydrogens (tertiary/aromatic N) is 1. The number of rotatable bonds is 4. The van der Waals surface area contributed by atoms with Crippen LogP contribution in [0.15, 0.2) is 0 Å². The molecule has 1 aliphatic rings. The fraction of sp³-hybridized carbons (Fsp3) is 1.00. The van der Waals surface area contributed by atoms with Crippen LogP contribution in [0, 0.1) is 0 Å². The highest BCUT2D eigenvalue weighted by Crippen LogP contribution is 2.07. The van der Waals surface area contributed by atoms with Crippen LogP contribution in [0.4, 0.5) is 0 Å². The SMILES string of the molecule is CCNC(C)CN1CCCC1. The molecule has 1 heterocycles. The van der Waals surface area contributed by atoms with Crippen LogP contribution in [0.25, 0.3) is 0 Å². The Morgan fingerprint density at radius 2 is 2.00 bits per heavy atom. The molecule has 0 aromatic carbocycles. The van der Waals surface area contributed by atoms with Crippen molar-refractivity contribution >= 4 is 0 Å². The second-order valence-electron chi connectivity index (χ2n) is 3.47. The summed E-state index contributed by atoms with van der Waals surface area (Å²) in [4.78, 5) is 2.55. The molecule has 1 fully saturated rings. The van der Waals surface area contributed by atoms with Crippen LogP contribution in [-0.2, 0) is 0 Å². The van der Waals surface area contributed by atoms with Gasteiger partial charge in [-0.05, 0) is 39.4 Å². The molecule has 11 heavy (non-hydrogen) atoms. The number of hydrogen-bond acceptors (Lipinski definition) is 2. The van der Waals surface area contributed by atoms with Crippen molar-refractivity contribution in [2.75, 3.05) is 26.2 Å². The predicted octanol–water partition coefficient (Wildman–Crippen LogP) is 1.08. The molecule has 0 aromatic heterocycles. The molecule has 1 aliphatic heterocycles. The summed E-state index contributed by atoms with van der Waals surface area (Å²) >= 11 is 0. The first-order chi connectivity index (χ1) is 5.33. The molecular formula is C9H20N2. The Balaban J connectivity index is 2.08. The smallest absolute Gasteiger partial charge is 0.0166 e. The fourth-order valence-electron chi connectivity index (χ4n) is 1.77. The molecule has 0 spiro atoms. The van der Waals surface area contributed by atoms with Crippen LogP contribution in [0.1, 0.15) is 26.7 Å². The zero-order valence-corrected chi connectivity index (χ0v) is 7.77. The van der Waals surface area contributed by atoms with Crippen molar-refractivity contribution in [3.63, 3.8) is 0 Å². The highest BCUT2D eigenvalue weighted by Gasteiger charge is 2.13. The molecule has 0 bridgehead atoms. The molecule has 0 saturated carbocycles. The second-order valence-corrected chi connectivity index (χ2v) is 3.47. The summed E-state index contributed by atoms with van der Waals surface area (Å²) in [5, 5.41) is 3.43. The van der Waals surface area contributed by atoms with Gasteiger partial charge in [-0.3, -0.25) is 0 Å². The maximum atomic E-state index is 3.43. The van der Waals surface area contributed by atoms with E-state index in [1.807, 2.05) is 0 Å². The van der Waals surface area contributed by atoms with E-state index in [1.165, 1.54) is 32.5 Å². The zero-order valence-electron chi connectivity index (χ0n) is 7.77. The van der Waals surface area contributed by atoms with Gasteiger partial charge in [0.15, 0.2) is 0 Å². The Hall–Kier alpha value is -0.0800. The summed E-state index contributed by atoms with van der Waals surface area (Å²) in [7, 11) is 0. The van der Waals surface area contributed by atoms with Crippen LogP contribution in [0.5, 0.6) is 0 Å². The molecule has 0 amide bonds. The van der Waals surface area contributed by atoms with E-state index in [9.17, 15) is 0 Å². The highest BCUT2D eigenvalue weighted by molar-refractivity contribution is 4.71. The summed E-state index contributed by atoms with van der Waals surface area (Å²) < 4.78 is 0. The first kappa shape index (κ1) is 9.01. The Bertz CT molecular complexity index is 97.7. The van der Waals surface area contributed by atoms with Crippen molar-refractivity contribution in [2.24, 2.45) is 0 Å². The van der Waals surface area contributed by atoms with Crippen molar-refractivity contribution in [1.82, 2.24) is 10.2 Å². The van der Waals surface area contributed by atoms with E-state index in [2.05, 4.69) is 24.1 Å². The Morgan fingerprint density at radius 3 is 2.55 bits per heavy atom. The highest BCUT2D eigenvalue weighted by atomic mass is 15.2. The van der Waals surface area contributed by atoms with Crippen molar-refractivity contribution in [3.8, 4) is 0 Å². The Kier molecular flexibility index (Phi) is 3.87. The molecule has 0 aromatic rings. The van der Waals surface area contributed by atoms with Gasteiger partial charge >= 0.3 is 0 Å². The van der Waals surface area contributed by atoms with Crippen LogP contribution in [0.2, 0.25) is 0 Å². The van der Waals surface area contributed by atoms with E-state index in [4.69, 9.17) is 0 Å². The average Bonchev–Trinajstić information content (AvgIpc) is 2.40. The summed E-state index contributed by atoms with van der Waals surface area (Å²) in [5.41, 5.74) is 0. The molecular weight excluding hydrogens is 136 g/mol. The van der Waals surface area contributed by atoms with Gasteiger partial charge in [0.05, 0.1) is 0 Å². The van der Waals surface area contributed by atoms with Gasteiger partial charge in [-0.15, -0.1) is 0 Å². The van der Waals surface area contributed by atoms with Gasteiger partial charge in [0.2, 0.25) is 0 Å². The number of hydrogen-bond donors (Lipinski definition) is 1. The van der Waals surface area contributed by atoms with Crippen LogP contribution in [0.3, 0.4) is 0 Å². The second kappa shape index (κ2) is 4.73. The molecule has 1 atom stereocenters. The normalized spacial score (nSPS) is 22.4. The van der Waals surface area contributed by atoms with E-state index in [1.54, 1.807) is 0 Å². The van der Waals surface area contributed by atoms with Gasteiger partial charge in [0.1, 0.15) is 0 Å². The van der Waals surface area contributed by atoms with Crippen molar-refractivity contribution in [1.29, 1.82) is 0 Å². The summed E-state index contributed by atoms with van der Waals surface area (Å²) in [6.07, 6.45) is 2.80. The van der Waals surface area contributed by atoms with Crippen LogP contribution < -0.4 is 5.32 Å². The minimum Gasteiger partial charge on any atom is -0.313 e. The molecule has 1 unspecified atom stereocenters. The van der Waals surface area contributed by atoms with Gasteiger partial charge in [-0.2, -0.15) is 0 Å². The van der Waals surface area contributed by atoms with E-state index in [0.717, 1.165) is 6.54 Å². The first-order valence-corrected chi connectivity index (χ1v) is 4.78. The number of nitrogens with one attached hydrogen (secondary N) is 1. The molecule has 2 nitrogen and oxygen atoms in total. The summed E-state index contributed by atoms with van der Waals surface area (Å²) in [5.74, 6) is 0. The molecule has 0 radical (unpaired) electrons. The monoisotopic (exact) mass is 156 g/mol. The summed E-state index contributed by atoms with van der Waals surface area (Å²) in [6.45, 7) is 9.39. The number of likely N-dealkylation sites (tertiary alicyclic amines) is 1. The molecule has 1 saturated heterocycles. The van der Waals surface area contributed by atoms with Gasteiger partial charge < -0.3 is 10.2 Å². The van der Waals surface area contributed by atoms with Crippen LogP contribution in [-0.4, -0.2) is 37.1 Å². The minimum absolute atomic E-state index is 0.665. The lowest BCUT2D eigenvalue weighted by molar-refractivity contribution is 0.301. The summed E-state index contributed by atoms with van der Waals surface area (Å²) in [6, 6.07) is 0.665. The van der Waals surface area contributed by atoms with Gasteiger partial charge in [-0.1, -0.05) is 6.92 Å². The molecule has 0 aliphatic carbocycles. The van der Waals surface area contributed by atoms with E-state index < -0.39 is 0 Å². The third-order valence-electron chi connectivity index (χ3n) is 2.28. The third-order valence-corrected chi connectivity index (χ3v) is 2.28. The quantitative estimate of drug-likeness (QED) is 0.655. The van der Waals surface area contributed by atoms with Gasteiger partial charge in [-0.25, -0.2) is 0 Å². The maximum absolute atomic E-state index is 3.43. The van der Waals surface area contributed by atoms with E-state index >= 15 is 0 Å². The van der Waals surface area contributed by atoms with E-state index in [-0.39, 0.29) is 0 Å². The largest absolute Gasteiger partial charge is 0.313 e. The lowest BCUT2D eigenvalue weighted by atomic mass is 10.3. The Labute approximate surface area is 70.0 Å². The Morgan fingerprint density at radius 1 is 1.36 bits per heavy atom. The lowest BCUT2D eigenvalue weighted by Crippen LogP contribution is -2.37. The maximum Gasteiger partial charge on any atom is 0.0166 e. The van der Waals surface area contributed by atoms with Gasteiger partial charge in [0.25, 0.3) is 0 Å². The topological polar surface area (TPSA) is 15.3 Å². The van der Waals surface area contributed by atoms with Gasteiger partial charge in [0, 0.05) is 12.6 Å². The van der Waals surface area contributed by atoms with Crippen molar-refractivity contribution in [2.45, 2.75) is 32.7 Å². The standard InChI is InChI=1S/C9H20N2/c1-3-10-9(2)8-11-6-4-5-7-11/h9-10H,3-8H2,1-2H3. The first-order valence-electron chi connectivity index (χ1n) is 4.78.